The lowest BCUT2D eigenvalue weighted by molar-refractivity contribution is 0.204. The number of fused-ring (bicyclic) bond motifs is 1. The Morgan fingerprint density at radius 2 is 1.83 bits per heavy atom. The van der Waals surface area contributed by atoms with Crippen LogP contribution in [0.5, 0.6) is 0 Å². The van der Waals surface area contributed by atoms with Crippen molar-refractivity contribution >= 4 is 57.4 Å². The number of rotatable bonds is 4. The van der Waals surface area contributed by atoms with E-state index in [1.165, 1.54) is 4.90 Å². The monoisotopic (exact) mass is 452 g/mol. The minimum atomic E-state index is -0.489. The van der Waals surface area contributed by atoms with Crippen LogP contribution in [0.1, 0.15) is 25.7 Å². The number of halogens is 3. The van der Waals surface area contributed by atoms with Crippen LogP contribution in [0.2, 0.25) is 15.1 Å². The summed E-state index contributed by atoms with van der Waals surface area (Å²) in [6.45, 7) is 4.07. The molecule has 1 atom stereocenters. The third kappa shape index (κ3) is 4.34. The van der Waals surface area contributed by atoms with Gasteiger partial charge in [-0.25, -0.2) is 9.78 Å². The number of nitrogens with zero attached hydrogens (tertiary/aromatic N) is 3. The molecule has 0 spiro atoms. The molecular weight excluding hydrogens is 435 g/mol. The molecule has 0 saturated heterocycles. The average Bonchev–Trinajstić information content (AvgIpc) is 2.68. The van der Waals surface area contributed by atoms with E-state index in [1.807, 2.05) is 6.92 Å². The van der Waals surface area contributed by atoms with E-state index in [0.29, 0.717) is 44.0 Å². The Hall–Kier alpha value is -2.28. The van der Waals surface area contributed by atoms with Crippen LogP contribution < -0.4 is 10.9 Å². The molecule has 9 heteroatoms. The molecule has 1 N–H and O–H groups in total. The summed E-state index contributed by atoms with van der Waals surface area (Å²) >= 11 is 18.1. The number of nitrogens with one attached hydrogen (secondary N) is 1. The van der Waals surface area contributed by atoms with Gasteiger partial charge < -0.3 is 10.2 Å². The van der Waals surface area contributed by atoms with Gasteiger partial charge in [-0.15, -0.1) is 0 Å². The van der Waals surface area contributed by atoms with E-state index in [4.69, 9.17) is 34.8 Å². The van der Waals surface area contributed by atoms with Crippen LogP contribution in [-0.4, -0.2) is 27.5 Å². The first-order chi connectivity index (χ1) is 13.7. The second-order valence-electron chi connectivity index (χ2n) is 6.52. The first kappa shape index (κ1) is 21.4. The molecule has 0 aliphatic heterocycles. The Morgan fingerprint density at radius 1 is 1.17 bits per heavy atom. The van der Waals surface area contributed by atoms with Crippen molar-refractivity contribution in [1.82, 2.24) is 14.5 Å². The number of hydrogen-bond acceptors (Lipinski definition) is 3. The predicted molar refractivity (Wildman–Crippen MR) is 118 cm³/mol. The lowest BCUT2D eigenvalue weighted by atomic mass is 10.2. The van der Waals surface area contributed by atoms with Gasteiger partial charge in [-0.05, 0) is 50.2 Å². The van der Waals surface area contributed by atoms with Gasteiger partial charge in [-0.2, -0.15) is 0 Å². The predicted octanol–water partition coefficient (Wildman–Crippen LogP) is 5.60. The molecular formula is C20H19Cl3N4O2. The molecule has 2 aromatic carbocycles. The van der Waals surface area contributed by atoms with E-state index in [-0.39, 0.29) is 5.56 Å². The Labute approximate surface area is 183 Å². The lowest BCUT2D eigenvalue weighted by Gasteiger charge is -2.27. The summed E-state index contributed by atoms with van der Waals surface area (Å²) < 4.78 is 1.56. The van der Waals surface area contributed by atoms with Gasteiger partial charge >= 0.3 is 6.03 Å². The highest BCUT2D eigenvalue weighted by molar-refractivity contribution is 6.36. The van der Waals surface area contributed by atoms with E-state index >= 15 is 0 Å². The molecule has 6 nitrogen and oxygen atoms in total. The van der Waals surface area contributed by atoms with Gasteiger partial charge in [0.25, 0.3) is 5.56 Å². The van der Waals surface area contributed by atoms with Crippen molar-refractivity contribution in [3.05, 3.63) is 67.6 Å². The third-order valence-corrected chi connectivity index (χ3v) is 5.49. The van der Waals surface area contributed by atoms with Crippen LogP contribution in [0.3, 0.4) is 0 Å². The first-order valence-electron chi connectivity index (χ1n) is 8.91. The smallest absolute Gasteiger partial charge is 0.318 e. The van der Waals surface area contributed by atoms with Crippen LogP contribution in [0.4, 0.5) is 10.5 Å². The molecule has 0 fully saturated rings. The van der Waals surface area contributed by atoms with E-state index in [1.54, 1.807) is 54.9 Å². The zero-order chi connectivity index (χ0) is 21.3. The summed E-state index contributed by atoms with van der Waals surface area (Å²) in [4.78, 5) is 31.7. The van der Waals surface area contributed by atoms with E-state index in [0.717, 1.165) is 0 Å². The number of carbonyl (C=O) groups excluding carboxylic acids is 1. The summed E-state index contributed by atoms with van der Waals surface area (Å²) in [5.74, 6) is 0.465. The van der Waals surface area contributed by atoms with E-state index < -0.39 is 12.1 Å². The molecule has 1 heterocycles. The second-order valence-corrected chi connectivity index (χ2v) is 7.80. The number of aromatic nitrogens is 2. The maximum atomic E-state index is 12.9. The molecule has 0 saturated carbocycles. The van der Waals surface area contributed by atoms with Crippen LogP contribution in [0.25, 0.3) is 10.9 Å². The molecule has 0 aliphatic carbocycles. The molecule has 1 unspecified atom stereocenters. The number of amides is 2. The van der Waals surface area contributed by atoms with Crippen LogP contribution >= 0.6 is 34.8 Å². The van der Waals surface area contributed by atoms with Crippen molar-refractivity contribution in [3.63, 3.8) is 0 Å². The van der Waals surface area contributed by atoms with Crippen LogP contribution in [0, 0.1) is 0 Å². The molecule has 29 heavy (non-hydrogen) atoms. The van der Waals surface area contributed by atoms with Crippen LogP contribution in [-0.2, 0) is 6.54 Å². The zero-order valence-electron chi connectivity index (χ0n) is 16.0. The SMILES string of the molecule is CCn1c(C(C)N(C)C(=O)Nc2ccc(Cl)cc2Cl)nc2cc(Cl)ccc2c1=O. The molecule has 0 bridgehead atoms. The van der Waals surface area contributed by atoms with Crippen molar-refractivity contribution in [1.29, 1.82) is 0 Å². The molecule has 2 amide bonds. The quantitative estimate of drug-likeness (QED) is 0.559. The highest BCUT2D eigenvalue weighted by atomic mass is 35.5. The number of carbonyl (C=O) groups is 1. The van der Waals surface area contributed by atoms with E-state index in [9.17, 15) is 9.59 Å². The van der Waals surface area contributed by atoms with Crippen molar-refractivity contribution in [3.8, 4) is 0 Å². The fourth-order valence-corrected chi connectivity index (χ4v) is 3.60. The van der Waals surface area contributed by atoms with Crippen molar-refractivity contribution < 1.29 is 4.79 Å². The van der Waals surface area contributed by atoms with Gasteiger partial charge in [0.2, 0.25) is 0 Å². The molecule has 0 aliphatic rings. The highest BCUT2D eigenvalue weighted by Crippen LogP contribution is 2.27. The number of benzene rings is 2. The summed E-state index contributed by atoms with van der Waals surface area (Å²) in [5.41, 5.74) is 0.750. The highest BCUT2D eigenvalue weighted by Gasteiger charge is 2.23. The summed E-state index contributed by atoms with van der Waals surface area (Å²) in [7, 11) is 1.62. The summed E-state index contributed by atoms with van der Waals surface area (Å²) in [6.07, 6.45) is 0. The first-order valence-corrected chi connectivity index (χ1v) is 10.0. The fourth-order valence-electron chi connectivity index (χ4n) is 2.98. The normalized spacial score (nSPS) is 12.1. The maximum Gasteiger partial charge on any atom is 0.322 e. The average molecular weight is 454 g/mol. The van der Waals surface area contributed by atoms with Crippen LogP contribution in [0.15, 0.2) is 41.2 Å². The topological polar surface area (TPSA) is 67.2 Å². The van der Waals surface area contributed by atoms with Gasteiger partial charge in [0.1, 0.15) is 5.82 Å². The molecule has 3 rings (SSSR count). The Bertz CT molecular complexity index is 1150. The largest absolute Gasteiger partial charge is 0.322 e. The third-order valence-electron chi connectivity index (χ3n) is 4.71. The minimum Gasteiger partial charge on any atom is -0.318 e. The molecule has 1 aromatic heterocycles. The lowest BCUT2D eigenvalue weighted by Crippen LogP contribution is -2.37. The summed E-state index contributed by atoms with van der Waals surface area (Å²) in [6, 6.07) is 8.88. The second kappa shape index (κ2) is 8.61. The zero-order valence-corrected chi connectivity index (χ0v) is 18.3. The Morgan fingerprint density at radius 3 is 2.48 bits per heavy atom. The van der Waals surface area contributed by atoms with Crippen molar-refractivity contribution in [2.75, 3.05) is 12.4 Å². The van der Waals surface area contributed by atoms with Gasteiger partial charge in [-0.1, -0.05) is 34.8 Å². The number of hydrogen-bond donors (Lipinski definition) is 1. The molecule has 152 valence electrons. The van der Waals surface area contributed by atoms with Gasteiger partial charge in [-0.3, -0.25) is 9.36 Å². The van der Waals surface area contributed by atoms with Crippen molar-refractivity contribution in [2.24, 2.45) is 0 Å². The Kier molecular flexibility index (Phi) is 6.36. The fraction of sp³-hybridized carbons (Fsp3) is 0.250. The van der Waals surface area contributed by atoms with Gasteiger partial charge in [0, 0.05) is 23.6 Å². The van der Waals surface area contributed by atoms with Crippen molar-refractivity contribution in [2.45, 2.75) is 26.4 Å². The van der Waals surface area contributed by atoms with Gasteiger partial charge in [0.15, 0.2) is 0 Å². The number of urea groups is 1. The summed E-state index contributed by atoms with van der Waals surface area (Å²) in [5, 5.41) is 4.51. The number of anilines is 1. The van der Waals surface area contributed by atoms with Gasteiger partial charge in [0.05, 0.1) is 27.7 Å². The standard InChI is InChI=1S/C20H19Cl3N4O2/c1-4-27-18(24-17-10-13(22)5-7-14(17)19(27)28)11(2)26(3)20(29)25-16-8-6-12(21)9-15(16)23/h5-11H,4H2,1-3H3,(H,25,29). The van der Waals surface area contributed by atoms with E-state index in [2.05, 4.69) is 10.3 Å². The minimum absolute atomic E-state index is 0.175. The molecule has 3 aromatic rings. The maximum absolute atomic E-state index is 12.9. The molecule has 0 radical (unpaired) electrons. The Balaban J connectivity index is 1.96.